The van der Waals surface area contributed by atoms with Crippen LogP contribution in [-0.4, -0.2) is 74.2 Å². The summed E-state index contributed by atoms with van der Waals surface area (Å²) in [5.41, 5.74) is 2.98. The predicted molar refractivity (Wildman–Crippen MR) is 142 cm³/mol. The maximum absolute atomic E-state index is 12.4. The van der Waals surface area contributed by atoms with Crippen molar-refractivity contribution >= 4 is 23.2 Å². The first-order valence-corrected chi connectivity index (χ1v) is 12.5. The molecule has 5 rings (SSSR count). The molecule has 38 heavy (non-hydrogen) atoms. The van der Waals surface area contributed by atoms with Crippen LogP contribution < -0.4 is 15.0 Å². The summed E-state index contributed by atoms with van der Waals surface area (Å²) >= 11 is 0. The van der Waals surface area contributed by atoms with Gasteiger partial charge in [-0.1, -0.05) is 17.3 Å². The fourth-order valence-electron chi connectivity index (χ4n) is 4.50. The SMILES string of the molecule is CCOc1cc(-c2ccc(OCCN3CCCC3)c(/C=C/C(=O)O)c2)ccc1-c1nc2[nH]nnc2c(=O)[nH]1. The summed E-state index contributed by atoms with van der Waals surface area (Å²) in [6, 6.07) is 11.2. The highest BCUT2D eigenvalue weighted by molar-refractivity contribution is 5.86. The molecule has 11 heteroatoms. The van der Waals surface area contributed by atoms with E-state index >= 15 is 0 Å². The molecule has 4 aromatic rings. The van der Waals surface area contributed by atoms with Crippen molar-refractivity contribution < 1.29 is 19.4 Å². The second-order valence-corrected chi connectivity index (χ2v) is 8.89. The Morgan fingerprint density at radius 1 is 1.11 bits per heavy atom. The summed E-state index contributed by atoms with van der Waals surface area (Å²) in [6.45, 7) is 5.81. The number of benzene rings is 2. The van der Waals surface area contributed by atoms with E-state index in [9.17, 15) is 14.7 Å². The van der Waals surface area contributed by atoms with Crippen LogP contribution in [0.1, 0.15) is 25.3 Å². The van der Waals surface area contributed by atoms with Crippen molar-refractivity contribution in [3.05, 3.63) is 58.4 Å². The number of carbonyl (C=O) groups is 1. The highest BCUT2D eigenvalue weighted by Gasteiger charge is 2.16. The average Bonchev–Trinajstić information content (AvgIpc) is 3.61. The van der Waals surface area contributed by atoms with Crippen molar-refractivity contribution in [1.29, 1.82) is 0 Å². The molecule has 0 saturated carbocycles. The predicted octanol–water partition coefficient (Wildman–Crippen LogP) is 3.35. The van der Waals surface area contributed by atoms with E-state index < -0.39 is 11.5 Å². The van der Waals surface area contributed by atoms with Gasteiger partial charge >= 0.3 is 5.97 Å². The third kappa shape index (κ3) is 5.57. The standard InChI is InChI=1S/C27H28N6O5/c1-2-37-22-16-18(5-8-20(22)25-28-26-24(27(36)29-25)30-32-31-26)17-6-9-21(19(15-17)7-10-23(34)35)38-14-13-33-11-3-4-12-33/h5-10,15-16H,2-4,11-14H2,1H3,(H,34,35)(H2,28,29,30,31,32,36)/b10-7+. The van der Waals surface area contributed by atoms with Crippen molar-refractivity contribution in [2.75, 3.05) is 32.8 Å². The van der Waals surface area contributed by atoms with Crippen molar-refractivity contribution in [2.45, 2.75) is 19.8 Å². The van der Waals surface area contributed by atoms with Crippen LogP contribution in [0.3, 0.4) is 0 Å². The average molecular weight is 517 g/mol. The van der Waals surface area contributed by atoms with Crippen LogP contribution in [0.15, 0.2) is 47.3 Å². The first-order chi connectivity index (χ1) is 18.5. The number of aromatic amines is 2. The molecule has 3 heterocycles. The zero-order chi connectivity index (χ0) is 26.5. The van der Waals surface area contributed by atoms with Gasteiger partial charge in [0.15, 0.2) is 11.2 Å². The number of rotatable bonds is 10. The maximum atomic E-state index is 12.4. The quantitative estimate of drug-likeness (QED) is 0.270. The minimum absolute atomic E-state index is 0.132. The largest absolute Gasteiger partial charge is 0.493 e. The Morgan fingerprint density at radius 2 is 1.89 bits per heavy atom. The van der Waals surface area contributed by atoms with Gasteiger partial charge in [-0.05, 0) is 74.3 Å². The Bertz CT molecular complexity index is 1540. The van der Waals surface area contributed by atoms with Gasteiger partial charge in [-0.3, -0.25) is 9.69 Å². The van der Waals surface area contributed by atoms with E-state index in [0.717, 1.165) is 36.8 Å². The van der Waals surface area contributed by atoms with Crippen LogP contribution in [0.5, 0.6) is 11.5 Å². The highest BCUT2D eigenvalue weighted by atomic mass is 16.5. The molecule has 0 aliphatic carbocycles. The van der Waals surface area contributed by atoms with Crippen LogP contribution in [0, 0.1) is 0 Å². The van der Waals surface area contributed by atoms with Gasteiger partial charge in [-0.2, -0.15) is 0 Å². The summed E-state index contributed by atoms with van der Waals surface area (Å²) in [4.78, 5) is 33.1. The number of aliphatic carboxylic acids is 1. The fourth-order valence-corrected chi connectivity index (χ4v) is 4.50. The molecular formula is C27H28N6O5. The van der Waals surface area contributed by atoms with E-state index in [2.05, 4.69) is 30.3 Å². The van der Waals surface area contributed by atoms with Crippen LogP contribution >= 0.6 is 0 Å². The lowest BCUT2D eigenvalue weighted by Gasteiger charge is -2.17. The number of hydrogen-bond acceptors (Lipinski definition) is 8. The van der Waals surface area contributed by atoms with Gasteiger partial charge in [0.1, 0.15) is 23.9 Å². The lowest BCUT2D eigenvalue weighted by Crippen LogP contribution is -2.25. The molecule has 0 radical (unpaired) electrons. The van der Waals surface area contributed by atoms with Gasteiger partial charge in [-0.25, -0.2) is 14.9 Å². The third-order valence-electron chi connectivity index (χ3n) is 6.35. The van der Waals surface area contributed by atoms with Crippen molar-refractivity contribution in [2.24, 2.45) is 0 Å². The van der Waals surface area contributed by atoms with E-state index in [-0.39, 0.29) is 11.2 Å². The number of H-pyrrole nitrogens is 2. The molecular weight excluding hydrogens is 488 g/mol. The van der Waals surface area contributed by atoms with E-state index in [1.54, 1.807) is 0 Å². The summed E-state index contributed by atoms with van der Waals surface area (Å²) < 4.78 is 11.9. The van der Waals surface area contributed by atoms with Crippen molar-refractivity contribution in [3.63, 3.8) is 0 Å². The normalized spacial score (nSPS) is 13.9. The number of aromatic nitrogens is 5. The molecule has 11 nitrogen and oxygen atoms in total. The molecule has 3 N–H and O–H groups in total. The zero-order valence-corrected chi connectivity index (χ0v) is 20.9. The maximum Gasteiger partial charge on any atom is 0.328 e. The molecule has 1 aliphatic heterocycles. The van der Waals surface area contributed by atoms with Gasteiger partial charge < -0.3 is 19.6 Å². The summed E-state index contributed by atoms with van der Waals surface area (Å²) in [7, 11) is 0. The number of nitrogens with one attached hydrogen (secondary N) is 2. The number of hydrogen-bond donors (Lipinski definition) is 3. The molecule has 0 spiro atoms. The van der Waals surface area contributed by atoms with Gasteiger partial charge in [-0.15, -0.1) is 5.10 Å². The molecule has 0 unspecified atom stereocenters. The van der Waals surface area contributed by atoms with Crippen molar-refractivity contribution in [3.8, 4) is 34.0 Å². The first-order valence-electron chi connectivity index (χ1n) is 12.5. The smallest absolute Gasteiger partial charge is 0.328 e. The second-order valence-electron chi connectivity index (χ2n) is 8.89. The summed E-state index contributed by atoms with van der Waals surface area (Å²) in [5, 5.41) is 19.2. The monoisotopic (exact) mass is 516 g/mol. The minimum atomic E-state index is -1.03. The first kappa shape index (κ1) is 25.2. The molecule has 2 aromatic carbocycles. The van der Waals surface area contributed by atoms with Gasteiger partial charge in [0.05, 0.1) is 12.2 Å². The topological polar surface area (TPSA) is 146 Å². The van der Waals surface area contributed by atoms with Crippen LogP contribution in [0.2, 0.25) is 0 Å². The van der Waals surface area contributed by atoms with Gasteiger partial charge in [0.2, 0.25) is 0 Å². The van der Waals surface area contributed by atoms with Gasteiger partial charge in [0.25, 0.3) is 5.56 Å². The van der Waals surface area contributed by atoms with Crippen LogP contribution in [0.25, 0.3) is 39.8 Å². The third-order valence-corrected chi connectivity index (χ3v) is 6.35. The Hall–Kier alpha value is -4.51. The molecule has 0 bridgehead atoms. The minimum Gasteiger partial charge on any atom is -0.493 e. The molecule has 196 valence electrons. The highest BCUT2D eigenvalue weighted by Crippen LogP contribution is 2.35. The zero-order valence-electron chi connectivity index (χ0n) is 20.9. The number of nitrogens with zero attached hydrogens (tertiary/aromatic N) is 4. The summed E-state index contributed by atoms with van der Waals surface area (Å²) in [5.74, 6) is 0.451. The number of fused-ring (bicyclic) bond motifs is 1. The number of carboxylic acids is 1. The van der Waals surface area contributed by atoms with E-state index in [1.165, 1.54) is 18.9 Å². The summed E-state index contributed by atoms with van der Waals surface area (Å²) in [6.07, 6.45) is 5.07. The Labute approximate surface area is 218 Å². The second kappa shape index (κ2) is 11.3. The lowest BCUT2D eigenvalue weighted by molar-refractivity contribution is -0.131. The number of ether oxygens (including phenoxy) is 2. The molecule has 0 atom stereocenters. The van der Waals surface area contributed by atoms with Gasteiger partial charge in [0, 0.05) is 18.2 Å². The molecule has 1 fully saturated rings. The Balaban J connectivity index is 1.46. The fraction of sp³-hybridized carbons (Fsp3) is 0.296. The molecule has 2 aromatic heterocycles. The van der Waals surface area contributed by atoms with Crippen LogP contribution in [-0.2, 0) is 4.79 Å². The molecule has 1 saturated heterocycles. The number of likely N-dealkylation sites (tertiary alicyclic amines) is 1. The Kier molecular flexibility index (Phi) is 7.45. The van der Waals surface area contributed by atoms with Crippen molar-refractivity contribution in [1.82, 2.24) is 30.3 Å². The number of carboxylic acid groups (broad SMARTS) is 1. The van der Waals surface area contributed by atoms with Crippen LogP contribution in [0.4, 0.5) is 0 Å². The van der Waals surface area contributed by atoms with E-state index in [4.69, 9.17) is 9.47 Å². The Morgan fingerprint density at radius 3 is 2.68 bits per heavy atom. The van der Waals surface area contributed by atoms with E-state index in [0.29, 0.717) is 41.7 Å². The molecule has 0 amide bonds. The molecule has 1 aliphatic rings. The van der Waals surface area contributed by atoms with E-state index in [1.807, 2.05) is 43.3 Å². The lowest BCUT2D eigenvalue weighted by atomic mass is 10.00.